The van der Waals surface area contributed by atoms with Crippen LogP contribution in [-0.2, 0) is 4.74 Å². The van der Waals surface area contributed by atoms with E-state index in [4.69, 9.17) is 22.7 Å². The van der Waals surface area contributed by atoms with Crippen LogP contribution < -0.4 is 11.1 Å². The molecule has 1 amide bonds. The molecule has 170 valence electrons. The van der Waals surface area contributed by atoms with Gasteiger partial charge in [-0.25, -0.2) is 9.67 Å². The molecule has 2 rings (SSSR count). The molecule has 0 unspecified atom stereocenters. The normalized spacial score (nSPS) is 13.7. The molecule has 8 nitrogen and oxygen atoms in total. The monoisotopic (exact) mass is 472 g/mol. The molecule has 0 aliphatic heterocycles. The zero-order valence-corrected chi connectivity index (χ0v) is 16.3. The van der Waals surface area contributed by atoms with Crippen LogP contribution in [0.15, 0.2) is 18.5 Å². The number of carbonyl (C=O) groups excluding carboxylic acids is 1. The summed E-state index contributed by atoms with van der Waals surface area (Å²) >= 11 is 5.70. The van der Waals surface area contributed by atoms with Crippen molar-refractivity contribution < 1.29 is 35.9 Å². The van der Waals surface area contributed by atoms with Crippen LogP contribution in [0.25, 0.3) is 0 Å². The molecule has 2 aromatic heterocycles. The van der Waals surface area contributed by atoms with E-state index in [0.29, 0.717) is 0 Å². The molecule has 0 saturated heterocycles. The van der Waals surface area contributed by atoms with Gasteiger partial charge in [-0.1, -0.05) is 18.5 Å². The number of nitrogens with two attached hydrogens (primary N) is 1. The summed E-state index contributed by atoms with van der Waals surface area (Å²) in [6.07, 6.45) is -6.56. The lowest BCUT2D eigenvalue weighted by molar-refractivity contribution is -0.202. The van der Waals surface area contributed by atoms with Gasteiger partial charge in [-0.2, -0.15) is 31.4 Å². The summed E-state index contributed by atoms with van der Waals surface area (Å²) in [4.78, 5) is 15.6. The average molecular weight is 473 g/mol. The second kappa shape index (κ2) is 9.41. The molecule has 0 spiro atoms. The summed E-state index contributed by atoms with van der Waals surface area (Å²) in [5.41, 5.74) is 3.87. The minimum atomic E-state index is -4.88. The number of anilines is 1. The number of ether oxygens (including phenoxy) is 1. The molecular weight excluding hydrogens is 458 g/mol. The third kappa shape index (κ3) is 6.23. The topological polar surface area (TPSA) is 119 Å². The molecule has 0 aliphatic carbocycles. The number of alkyl halides is 5. The maximum absolute atomic E-state index is 14.1. The Hall–Kier alpha value is -3.03. The van der Waals surface area contributed by atoms with Crippen molar-refractivity contribution in [2.45, 2.75) is 38.1 Å². The first-order valence-electron chi connectivity index (χ1n) is 8.36. The van der Waals surface area contributed by atoms with Gasteiger partial charge in [0.25, 0.3) is 11.9 Å². The fourth-order valence-corrected chi connectivity index (χ4v) is 2.77. The molecule has 15 heteroatoms. The van der Waals surface area contributed by atoms with E-state index in [0.717, 1.165) is 18.5 Å². The molecule has 2 heterocycles. The van der Waals surface area contributed by atoms with Gasteiger partial charge in [0.05, 0.1) is 23.1 Å². The number of nitrogens with zero attached hydrogens (tertiary/aromatic N) is 3. The highest BCUT2D eigenvalue weighted by Crippen LogP contribution is 2.33. The summed E-state index contributed by atoms with van der Waals surface area (Å²) < 4.78 is 83.1. The summed E-state index contributed by atoms with van der Waals surface area (Å²) in [5, 5.41) is 12.0. The van der Waals surface area contributed by atoms with Crippen LogP contribution in [0.3, 0.4) is 0 Å². The zero-order chi connectivity index (χ0) is 23.5. The SMILES string of the molecule is C[C@H](C[C@H](OC(=N)N)C(F)(F)F)c1cc(NC(=O)c2nn(C(F)F)cc2Cl)cnc1F. The Morgan fingerprint density at radius 3 is 2.58 bits per heavy atom. The molecule has 2 atom stereocenters. The van der Waals surface area contributed by atoms with Crippen LogP contribution in [0.5, 0.6) is 0 Å². The van der Waals surface area contributed by atoms with Crippen molar-refractivity contribution in [2.24, 2.45) is 5.73 Å². The molecule has 0 aliphatic rings. The van der Waals surface area contributed by atoms with Gasteiger partial charge in [-0.15, -0.1) is 0 Å². The summed E-state index contributed by atoms with van der Waals surface area (Å²) in [7, 11) is 0. The number of pyridine rings is 1. The maximum Gasteiger partial charge on any atom is 0.425 e. The van der Waals surface area contributed by atoms with E-state index >= 15 is 0 Å². The van der Waals surface area contributed by atoms with Gasteiger partial charge in [0, 0.05) is 12.0 Å². The van der Waals surface area contributed by atoms with Crippen LogP contribution in [0.1, 0.15) is 41.9 Å². The van der Waals surface area contributed by atoms with Gasteiger partial charge in [-0.3, -0.25) is 10.2 Å². The molecule has 0 saturated carbocycles. The molecule has 0 fully saturated rings. The van der Waals surface area contributed by atoms with E-state index in [-0.39, 0.29) is 21.0 Å². The average Bonchev–Trinajstić information content (AvgIpc) is 3.03. The fraction of sp³-hybridized carbons (Fsp3) is 0.375. The Bertz CT molecular complexity index is 967. The third-order valence-corrected chi connectivity index (χ3v) is 4.24. The largest absolute Gasteiger partial charge is 0.453 e. The fourth-order valence-electron chi connectivity index (χ4n) is 2.54. The van der Waals surface area contributed by atoms with Crippen LogP contribution in [-0.4, -0.2) is 39.0 Å². The van der Waals surface area contributed by atoms with Crippen molar-refractivity contribution in [2.75, 3.05) is 5.32 Å². The molecule has 2 aromatic rings. The van der Waals surface area contributed by atoms with Crippen molar-refractivity contribution in [3.63, 3.8) is 0 Å². The minimum Gasteiger partial charge on any atom is -0.453 e. The van der Waals surface area contributed by atoms with E-state index in [1.807, 2.05) is 0 Å². The standard InChI is InChI=1S/C16H15ClF6N6O2/c1-6(2-10(16(21,22)23)31-15(24)25)8-3-7(4-26-12(8)18)27-13(30)11-9(17)5-29(28-11)14(19)20/h3-6,10,14H,2H2,1H3,(H3,24,25)(H,27,30)/t6-,10+/m1/s1. The number of hydrogen-bond acceptors (Lipinski definition) is 5. The van der Waals surface area contributed by atoms with E-state index < -0.39 is 54.7 Å². The van der Waals surface area contributed by atoms with E-state index in [2.05, 4.69) is 20.1 Å². The van der Waals surface area contributed by atoms with Crippen molar-refractivity contribution in [3.05, 3.63) is 40.7 Å². The maximum atomic E-state index is 14.1. The molecule has 4 N–H and O–H groups in total. The number of aromatic nitrogens is 3. The Balaban J connectivity index is 2.22. The van der Waals surface area contributed by atoms with Gasteiger partial charge in [0.1, 0.15) is 0 Å². The first kappa shape index (κ1) is 24.2. The van der Waals surface area contributed by atoms with Gasteiger partial charge in [0.15, 0.2) is 11.8 Å². The number of nitrogens with one attached hydrogen (secondary N) is 2. The molecular formula is C16H15ClF6N6O2. The minimum absolute atomic E-state index is 0.146. The predicted molar refractivity (Wildman–Crippen MR) is 96.5 cm³/mol. The molecule has 0 radical (unpaired) electrons. The van der Waals surface area contributed by atoms with E-state index in [9.17, 15) is 31.1 Å². The first-order chi connectivity index (χ1) is 14.3. The van der Waals surface area contributed by atoms with Crippen LogP contribution in [0, 0.1) is 11.4 Å². The quantitative estimate of drug-likeness (QED) is 0.243. The second-order valence-corrected chi connectivity index (χ2v) is 6.70. The van der Waals surface area contributed by atoms with Gasteiger partial charge >= 0.3 is 12.7 Å². The predicted octanol–water partition coefficient (Wildman–Crippen LogP) is 4.05. The summed E-state index contributed by atoms with van der Waals surface area (Å²) in [6, 6.07) is -0.140. The van der Waals surface area contributed by atoms with Crippen molar-refractivity contribution in [3.8, 4) is 0 Å². The smallest absolute Gasteiger partial charge is 0.425 e. The van der Waals surface area contributed by atoms with Crippen LogP contribution in [0.2, 0.25) is 5.02 Å². The lowest BCUT2D eigenvalue weighted by Gasteiger charge is -2.24. The zero-order valence-electron chi connectivity index (χ0n) is 15.6. The van der Waals surface area contributed by atoms with Crippen LogP contribution >= 0.6 is 11.6 Å². The van der Waals surface area contributed by atoms with E-state index in [1.165, 1.54) is 6.92 Å². The number of rotatable bonds is 7. The van der Waals surface area contributed by atoms with Gasteiger partial charge in [0.2, 0.25) is 5.95 Å². The Morgan fingerprint density at radius 1 is 1.42 bits per heavy atom. The van der Waals surface area contributed by atoms with Crippen molar-refractivity contribution in [1.82, 2.24) is 14.8 Å². The molecule has 0 aromatic carbocycles. The highest BCUT2D eigenvalue weighted by molar-refractivity contribution is 6.34. The Kier molecular flexibility index (Phi) is 7.36. The summed E-state index contributed by atoms with van der Waals surface area (Å²) in [5.74, 6) is -3.25. The number of hydrogen-bond donors (Lipinski definition) is 3. The first-order valence-corrected chi connectivity index (χ1v) is 8.74. The number of halogens is 7. The molecule has 31 heavy (non-hydrogen) atoms. The Morgan fingerprint density at radius 2 is 2.06 bits per heavy atom. The lowest BCUT2D eigenvalue weighted by Crippen LogP contribution is -2.37. The van der Waals surface area contributed by atoms with Gasteiger partial charge in [-0.05, 0) is 12.0 Å². The van der Waals surface area contributed by atoms with Crippen molar-refractivity contribution in [1.29, 1.82) is 5.41 Å². The van der Waals surface area contributed by atoms with Crippen LogP contribution in [0.4, 0.5) is 32.0 Å². The number of amides is 1. The third-order valence-electron chi connectivity index (χ3n) is 3.96. The highest BCUT2D eigenvalue weighted by atomic mass is 35.5. The summed E-state index contributed by atoms with van der Waals surface area (Å²) in [6.45, 7) is -1.80. The lowest BCUT2D eigenvalue weighted by atomic mass is 9.95. The highest BCUT2D eigenvalue weighted by Gasteiger charge is 2.43. The number of carbonyl (C=O) groups is 1. The second-order valence-electron chi connectivity index (χ2n) is 6.29. The Labute approximate surface area is 175 Å². The van der Waals surface area contributed by atoms with Gasteiger partial charge < -0.3 is 15.8 Å². The number of amidine groups is 1. The van der Waals surface area contributed by atoms with E-state index in [1.54, 1.807) is 0 Å². The van der Waals surface area contributed by atoms with Crippen molar-refractivity contribution >= 4 is 29.2 Å². The molecule has 0 bridgehead atoms.